The van der Waals surface area contributed by atoms with E-state index in [4.69, 9.17) is 4.74 Å². The number of carbonyl (C=O) groups is 2. The molecule has 0 aliphatic rings. The van der Waals surface area contributed by atoms with Crippen molar-refractivity contribution in [1.82, 2.24) is 10.6 Å². The number of carbonyl (C=O) groups excluding carboxylic acids is 2. The topological polar surface area (TPSA) is 87.7 Å². The van der Waals surface area contributed by atoms with E-state index in [1.54, 1.807) is 32.9 Å². The van der Waals surface area contributed by atoms with Crippen molar-refractivity contribution in [3.8, 4) is 0 Å². The van der Waals surface area contributed by atoms with Gasteiger partial charge in [-0.05, 0) is 26.3 Å². The Hall–Kier alpha value is -2.08. The molecule has 0 aromatic heterocycles. The molecule has 0 aliphatic carbocycles. The first-order chi connectivity index (χ1) is 9.78. The van der Waals surface area contributed by atoms with Crippen LogP contribution in [0, 0.1) is 0 Å². The molecule has 2 amide bonds. The zero-order valence-corrected chi connectivity index (χ0v) is 12.6. The third-order valence-corrected chi connectivity index (χ3v) is 2.47. The summed E-state index contributed by atoms with van der Waals surface area (Å²) in [6, 6.07) is 9.01. The zero-order valence-electron chi connectivity index (χ0n) is 12.6. The van der Waals surface area contributed by atoms with Gasteiger partial charge >= 0.3 is 6.09 Å². The number of benzene rings is 1. The molecule has 6 nitrogen and oxygen atoms in total. The number of nitrogens with one attached hydrogen (secondary N) is 2. The SMILES string of the molecule is CC(C)(C)OC(=O)NCC(=O)NCC(O)c1ccccc1. The summed E-state index contributed by atoms with van der Waals surface area (Å²) < 4.78 is 5.00. The van der Waals surface area contributed by atoms with Crippen LogP contribution in [0.2, 0.25) is 0 Å². The number of rotatable bonds is 5. The van der Waals surface area contributed by atoms with Gasteiger partial charge in [0.25, 0.3) is 0 Å². The van der Waals surface area contributed by atoms with Gasteiger partial charge in [-0.1, -0.05) is 30.3 Å². The van der Waals surface area contributed by atoms with Crippen molar-refractivity contribution >= 4 is 12.0 Å². The summed E-state index contributed by atoms with van der Waals surface area (Å²) in [6.45, 7) is 5.10. The van der Waals surface area contributed by atoms with Gasteiger partial charge in [0.2, 0.25) is 5.91 Å². The van der Waals surface area contributed by atoms with Crippen molar-refractivity contribution in [3.05, 3.63) is 35.9 Å². The lowest BCUT2D eigenvalue weighted by atomic mass is 10.1. The molecule has 21 heavy (non-hydrogen) atoms. The second-order valence-corrected chi connectivity index (χ2v) is 5.59. The lowest BCUT2D eigenvalue weighted by molar-refractivity contribution is -0.120. The summed E-state index contributed by atoms with van der Waals surface area (Å²) in [5.74, 6) is -0.393. The van der Waals surface area contributed by atoms with Gasteiger partial charge in [0.05, 0.1) is 12.6 Å². The molecule has 1 aromatic rings. The predicted octanol–water partition coefficient (Wildman–Crippen LogP) is 1.36. The number of hydrogen-bond acceptors (Lipinski definition) is 4. The normalized spacial score (nSPS) is 12.4. The van der Waals surface area contributed by atoms with Gasteiger partial charge in [-0.15, -0.1) is 0 Å². The van der Waals surface area contributed by atoms with E-state index in [0.717, 1.165) is 5.56 Å². The Morgan fingerprint density at radius 1 is 1.19 bits per heavy atom. The van der Waals surface area contributed by atoms with Crippen LogP contribution in [0.25, 0.3) is 0 Å². The standard InChI is InChI=1S/C15H22N2O4/c1-15(2,3)21-14(20)17-10-13(19)16-9-12(18)11-7-5-4-6-8-11/h4-8,12,18H,9-10H2,1-3H3,(H,16,19)(H,17,20). The molecule has 3 N–H and O–H groups in total. The average molecular weight is 294 g/mol. The van der Waals surface area contributed by atoms with E-state index < -0.39 is 23.7 Å². The Kier molecular flexibility index (Phi) is 6.17. The number of amides is 2. The lowest BCUT2D eigenvalue weighted by Gasteiger charge is -2.19. The molecule has 1 aromatic carbocycles. The van der Waals surface area contributed by atoms with Crippen LogP contribution in [0.4, 0.5) is 4.79 Å². The fourth-order valence-electron chi connectivity index (χ4n) is 1.53. The lowest BCUT2D eigenvalue weighted by Crippen LogP contribution is -2.40. The van der Waals surface area contributed by atoms with Crippen LogP contribution in [0.15, 0.2) is 30.3 Å². The van der Waals surface area contributed by atoms with Gasteiger partial charge in [-0.25, -0.2) is 4.79 Å². The molecule has 116 valence electrons. The third-order valence-electron chi connectivity index (χ3n) is 2.47. The van der Waals surface area contributed by atoms with Crippen molar-refractivity contribution < 1.29 is 19.4 Å². The summed E-state index contributed by atoms with van der Waals surface area (Å²) in [7, 11) is 0. The highest BCUT2D eigenvalue weighted by molar-refractivity contribution is 5.82. The highest BCUT2D eigenvalue weighted by Gasteiger charge is 2.16. The molecule has 1 rings (SSSR count). The summed E-state index contributed by atoms with van der Waals surface area (Å²) in [5.41, 5.74) is 0.113. The second-order valence-electron chi connectivity index (χ2n) is 5.59. The number of aliphatic hydroxyl groups excluding tert-OH is 1. The Morgan fingerprint density at radius 3 is 2.38 bits per heavy atom. The van der Waals surface area contributed by atoms with Gasteiger partial charge < -0.3 is 20.5 Å². The molecule has 0 heterocycles. The van der Waals surface area contributed by atoms with Crippen LogP contribution in [-0.4, -0.2) is 35.8 Å². The highest BCUT2D eigenvalue weighted by atomic mass is 16.6. The number of alkyl carbamates (subject to hydrolysis) is 1. The molecule has 0 saturated heterocycles. The first-order valence-corrected chi connectivity index (χ1v) is 6.74. The highest BCUT2D eigenvalue weighted by Crippen LogP contribution is 2.10. The molecule has 1 atom stereocenters. The molecule has 0 spiro atoms. The minimum absolute atomic E-state index is 0.0822. The van der Waals surface area contributed by atoms with Crippen LogP contribution in [-0.2, 0) is 9.53 Å². The Balaban J connectivity index is 2.27. The monoisotopic (exact) mass is 294 g/mol. The van der Waals surface area contributed by atoms with Gasteiger partial charge in [-0.2, -0.15) is 0 Å². The maximum absolute atomic E-state index is 11.6. The molecule has 0 aliphatic heterocycles. The largest absolute Gasteiger partial charge is 0.444 e. The zero-order chi connectivity index (χ0) is 15.9. The second kappa shape index (κ2) is 7.64. The predicted molar refractivity (Wildman–Crippen MR) is 78.6 cm³/mol. The van der Waals surface area contributed by atoms with Crippen LogP contribution in [0.5, 0.6) is 0 Å². The maximum atomic E-state index is 11.6. The van der Waals surface area contributed by atoms with Gasteiger partial charge in [0, 0.05) is 6.54 Å². The van der Waals surface area contributed by atoms with Crippen molar-refractivity contribution in [2.24, 2.45) is 0 Å². The molecule has 0 saturated carbocycles. The minimum Gasteiger partial charge on any atom is -0.444 e. The Labute approximate surface area is 124 Å². The molecule has 6 heteroatoms. The van der Waals surface area contributed by atoms with Crippen LogP contribution in [0.3, 0.4) is 0 Å². The van der Waals surface area contributed by atoms with E-state index in [1.165, 1.54) is 0 Å². The number of hydrogen-bond donors (Lipinski definition) is 3. The maximum Gasteiger partial charge on any atom is 0.408 e. The fourth-order valence-corrected chi connectivity index (χ4v) is 1.53. The van der Waals surface area contributed by atoms with Gasteiger partial charge in [-0.3, -0.25) is 4.79 Å². The summed E-state index contributed by atoms with van der Waals surface area (Å²) in [4.78, 5) is 22.9. The van der Waals surface area contributed by atoms with E-state index in [2.05, 4.69) is 10.6 Å². The van der Waals surface area contributed by atoms with Crippen molar-refractivity contribution in [2.45, 2.75) is 32.5 Å². The van der Waals surface area contributed by atoms with Crippen LogP contribution in [0.1, 0.15) is 32.4 Å². The van der Waals surface area contributed by atoms with Crippen molar-refractivity contribution in [1.29, 1.82) is 0 Å². The quantitative estimate of drug-likeness (QED) is 0.765. The Bertz CT molecular complexity index is 468. The summed E-state index contributed by atoms with van der Waals surface area (Å²) in [5, 5.41) is 14.8. The molecule has 0 fully saturated rings. The first kappa shape index (κ1) is 17.0. The van der Waals surface area contributed by atoms with Crippen LogP contribution < -0.4 is 10.6 Å². The number of ether oxygens (including phenoxy) is 1. The van der Waals surface area contributed by atoms with E-state index in [-0.39, 0.29) is 13.1 Å². The van der Waals surface area contributed by atoms with E-state index in [9.17, 15) is 14.7 Å². The smallest absolute Gasteiger partial charge is 0.408 e. The van der Waals surface area contributed by atoms with Crippen LogP contribution >= 0.6 is 0 Å². The molecular formula is C15H22N2O4. The summed E-state index contributed by atoms with van der Waals surface area (Å²) >= 11 is 0. The minimum atomic E-state index is -0.781. The Morgan fingerprint density at radius 2 is 1.81 bits per heavy atom. The van der Waals surface area contributed by atoms with Gasteiger partial charge in [0.1, 0.15) is 5.60 Å². The molecule has 0 radical (unpaired) electrons. The average Bonchev–Trinajstić information content (AvgIpc) is 2.41. The van der Waals surface area contributed by atoms with E-state index in [1.807, 2.05) is 18.2 Å². The molecular weight excluding hydrogens is 272 g/mol. The van der Waals surface area contributed by atoms with E-state index >= 15 is 0 Å². The first-order valence-electron chi connectivity index (χ1n) is 6.74. The van der Waals surface area contributed by atoms with E-state index in [0.29, 0.717) is 0 Å². The molecule has 0 bridgehead atoms. The fraction of sp³-hybridized carbons (Fsp3) is 0.467. The van der Waals surface area contributed by atoms with Crippen molar-refractivity contribution in [2.75, 3.05) is 13.1 Å². The summed E-state index contributed by atoms with van der Waals surface area (Å²) in [6.07, 6.45) is -1.43. The molecule has 1 unspecified atom stereocenters. The van der Waals surface area contributed by atoms with Crippen molar-refractivity contribution in [3.63, 3.8) is 0 Å². The van der Waals surface area contributed by atoms with Gasteiger partial charge in [0.15, 0.2) is 0 Å². The third kappa shape index (κ3) is 7.31. The number of aliphatic hydroxyl groups is 1.